The number of nitrogens with one attached hydrogen (secondary N) is 1. The van der Waals surface area contributed by atoms with Crippen molar-refractivity contribution in [1.29, 1.82) is 0 Å². The molecule has 0 radical (unpaired) electrons. The molecule has 3 amide bonds. The molecular weight excluding hydrogens is 387 g/mol. The molecule has 1 aliphatic heterocycles. The zero-order valence-electron chi connectivity index (χ0n) is 16.3. The summed E-state index contributed by atoms with van der Waals surface area (Å²) < 4.78 is 18.3. The van der Waals surface area contributed by atoms with Crippen molar-refractivity contribution < 1.29 is 23.5 Å². The summed E-state index contributed by atoms with van der Waals surface area (Å²) in [7, 11) is 1.39. The lowest BCUT2D eigenvalue weighted by atomic mass is 9.94. The van der Waals surface area contributed by atoms with Crippen molar-refractivity contribution in [2.24, 2.45) is 0 Å². The fourth-order valence-electron chi connectivity index (χ4n) is 3.66. The van der Waals surface area contributed by atoms with Crippen molar-refractivity contribution >= 4 is 34.2 Å². The highest BCUT2D eigenvalue weighted by atomic mass is 19.1. The Morgan fingerprint density at radius 3 is 2.33 bits per heavy atom. The third-order valence-corrected chi connectivity index (χ3v) is 5.08. The average molecular weight is 406 g/mol. The Kier molecular flexibility index (Phi) is 5.18. The molecule has 0 unspecified atom stereocenters. The number of benzene rings is 3. The summed E-state index contributed by atoms with van der Waals surface area (Å²) >= 11 is 0. The molecule has 152 valence electrons. The molecule has 0 aliphatic carbocycles. The van der Waals surface area contributed by atoms with E-state index in [0.29, 0.717) is 28.6 Å². The van der Waals surface area contributed by atoms with Gasteiger partial charge in [-0.15, -0.1) is 0 Å². The second kappa shape index (κ2) is 7.94. The van der Waals surface area contributed by atoms with E-state index in [1.165, 1.54) is 30.2 Å². The summed E-state index contributed by atoms with van der Waals surface area (Å²) in [4.78, 5) is 39.2. The maximum atomic E-state index is 13.3. The lowest BCUT2D eigenvalue weighted by Gasteiger charge is -2.27. The summed E-state index contributed by atoms with van der Waals surface area (Å²) in [5.41, 5.74) is 1.33. The fourth-order valence-corrected chi connectivity index (χ4v) is 3.66. The van der Waals surface area contributed by atoms with E-state index in [-0.39, 0.29) is 36.4 Å². The molecule has 1 heterocycles. The van der Waals surface area contributed by atoms with Crippen molar-refractivity contribution in [3.8, 4) is 5.75 Å². The Morgan fingerprint density at radius 1 is 1.03 bits per heavy atom. The van der Waals surface area contributed by atoms with E-state index >= 15 is 0 Å². The van der Waals surface area contributed by atoms with E-state index in [9.17, 15) is 18.8 Å². The number of halogens is 1. The fraction of sp³-hybridized carbons (Fsp3) is 0.174. The summed E-state index contributed by atoms with van der Waals surface area (Å²) in [6.45, 7) is 0.121. The highest BCUT2D eigenvalue weighted by Crippen LogP contribution is 2.30. The molecule has 4 rings (SSSR count). The van der Waals surface area contributed by atoms with Gasteiger partial charge in [0, 0.05) is 35.5 Å². The molecule has 0 atom stereocenters. The number of carbonyl (C=O) groups excluding carboxylic acids is 3. The van der Waals surface area contributed by atoms with Crippen LogP contribution >= 0.6 is 0 Å². The Morgan fingerprint density at radius 2 is 1.70 bits per heavy atom. The number of amides is 3. The molecule has 0 saturated carbocycles. The number of imide groups is 1. The first-order valence-corrected chi connectivity index (χ1v) is 9.51. The molecule has 1 N–H and O–H groups in total. The number of ether oxygens (including phenoxy) is 1. The van der Waals surface area contributed by atoms with Gasteiger partial charge < -0.3 is 10.1 Å². The second-order valence-electron chi connectivity index (χ2n) is 6.97. The Bertz CT molecular complexity index is 1120. The second-order valence-corrected chi connectivity index (χ2v) is 6.97. The quantitative estimate of drug-likeness (QED) is 0.628. The maximum Gasteiger partial charge on any atom is 0.261 e. The summed E-state index contributed by atoms with van der Waals surface area (Å²) in [6, 6.07) is 14.6. The SMILES string of the molecule is COc1cc(F)ccc1NC(=O)CCCN1C(=O)c2cccc3cccc(c23)C1=O. The molecule has 6 nitrogen and oxygen atoms in total. The van der Waals surface area contributed by atoms with E-state index in [1.54, 1.807) is 24.3 Å². The molecule has 30 heavy (non-hydrogen) atoms. The van der Waals surface area contributed by atoms with Crippen molar-refractivity contribution in [3.63, 3.8) is 0 Å². The van der Waals surface area contributed by atoms with Gasteiger partial charge in [-0.1, -0.05) is 24.3 Å². The number of nitrogens with zero attached hydrogens (tertiary/aromatic N) is 1. The van der Waals surface area contributed by atoms with Crippen LogP contribution in [-0.4, -0.2) is 36.3 Å². The Hall–Kier alpha value is -3.74. The monoisotopic (exact) mass is 406 g/mol. The predicted molar refractivity (Wildman–Crippen MR) is 110 cm³/mol. The topological polar surface area (TPSA) is 75.7 Å². The van der Waals surface area contributed by atoms with E-state index < -0.39 is 5.82 Å². The number of rotatable bonds is 6. The number of carbonyl (C=O) groups is 3. The molecule has 0 saturated heterocycles. The van der Waals surface area contributed by atoms with Gasteiger partial charge >= 0.3 is 0 Å². The molecule has 0 spiro atoms. The minimum absolute atomic E-state index is 0.0867. The largest absolute Gasteiger partial charge is 0.494 e. The first kappa shape index (κ1) is 19.6. The number of hydrogen-bond acceptors (Lipinski definition) is 4. The van der Waals surface area contributed by atoms with Crippen LogP contribution < -0.4 is 10.1 Å². The van der Waals surface area contributed by atoms with Crippen LogP contribution in [-0.2, 0) is 4.79 Å². The van der Waals surface area contributed by atoms with Crippen molar-refractivity contribution in [3.05, 3.63) is 71.5 Å². The first-order chi connectivity index (χ1) is 14.5. The third kappa shape index (κ3) is 3.50. The number of methoxy groups -OCH3 is 1. The standard InChI is InChI=1S/C23H19FN2O4/c1-30-19-13-15(24)10-11-18(19)25-20(27)9-4-12-26-22(28)16-7-2-5-14-6-3-8-17(21(14)16)23(26)29/h2-3,5-8,10-11,13H,4,9,12H2,1H3,(H,25,27). The average Bonchev–Trinajstić information content (AvgIpc) is 2.75. The smallest absolute Gasteiger partial charge is 0.261 e. The number of hydrogen-bond donors (Lipinski definition) is 1. The predicted octanol–water partition coefficient (Wildman–Crippen LogP) is 4.00. The van der Waals surface area contributed by atoms with Crippen LogP contribution in [0.25, 0.3) is 10.8 Å². The molecule has 0 fully saturated rings. The van der Waals surface area contributed by atoms with Gasteiger partial charge in [0.1, 0.15) is 11.6 Å². The molecule has 1 aliphatic rings. The van der Waals surface area contributed by atoms with Gasteiger partial charge in [0.05, 0.1) is 12.8 Å². The summed E-state index contributed by atoms with van der Waals surface area (Å²) in [6.07, 6.45) is 0.383. The first-order valence-electron chi connectivity index (χ1n) is 9.51. The lowest BCUT2D eigenvalue weighted by molar-refractivity contribution is -0.116. The number of anilines is 1. The minimum Gasteiger partial charge on any atom is -0.494 e. The van der Waals surface area contributed by atoms with Crippen LogP contribution in [0, 0.1) is 5.82 Å². The summed E-state index contributed by atoms with van der Waals surface area (Å²) in [5.74, 6) is -1.29. The van der Waals surface area contributed by atoms with E-state index in [1.807, 2.05) is 12.1 Å². The van der Waals surface area contributed by atoms with Crippen LogP contribution in [0.1, 0.15) is 33.6 Å². The van der Waals surface area contributed by atoms with Crippen LogP contribution in [0.4, 0.5) is 10.1 Å². The van der Waals surface area contributed by atoms with Crippen LogP contribution in [0.5, 0.6) is 5.75 Å². The van der Waals surface area contributed by atoms with Crippen molar-refractivity contribution in [1.82, 2.24) is 4.90 Å². The molecule has 0 aromatic heterocycles. The van der Waals surface area contributed by atoms with Crippen LogP contribution in [0.3, 0.4) is 0 Å². The van der Waals surface area contributed by atoms with Gasteiger partial charge in [-0.25, -0.2) is 4.39 Å². The lowest BCUT2D eigenvalue weighted by Crippen LogP contribution is -2.41. The van der Waals surface area contributed by atoms with Gasteiger partial charge in [-0.2, -0.15) is 0 Å². The molecule has 3 aromatic rings. The van der Waals surface area contributed by atoms with Crippen LogP contribution in [0.2, 0.25) is 0 Å². The zero-order chi connectivity index (χ0) is 21.3. The van der Waals surface area contributed by atoms with Crippen molar-refractivity contribution in [2.75, 3.05) is 19.0 Å². The highest BCUT2D eigenvalue weighted by molar-refractivity contribution is 6.25. The normalized spacial score (nSPS) is 12.9. The minimum atomic E-state index is -0.470. The highest BCUT2D eigenvalue weighted by Gasteiger charge is 2.32. The van der Waals surface area contributed by atoms with E-state index in [4.69, 9.17) is 4.74 Å². The van der Waals surface area contributed by atoms with E-state index in [0.717, 1.165) is 5.39 Å². The molecular formula is C23H19FN2O4. The van der Waals surface area contributed by atoms with Gasteiger partial charge in [0.25, 0.3) is 11.8 Å². The van der Waals surface area contributed by atoms with Gasteiger partial charge in [0.2, 0.25) is 5.91 Å². The molecule has 3 aromatic carbocycles. The maximum absolute atomic E-state index is 13.3. The van der Waals surface area contributed by atoms with Crippen LogP contribution in [0.15, 0.2) is 54.6 Å². The summed E-state index contributed by atoms with van der Waals surface area (Å²) in [5, 5.41) is 4.18. The third-order valence-electron chi connectivity index (χ3n) is 5.08. The van der Waals surface area contributed by atoms with Gasteiger partial charge in [-0.05, 0) is 36.1 Å². The molecule has 0 bridgehead atoms. The zero-order valence-corrected chi connectivity index (χ0v) is 16.3. The molecule has 7 heteroatoms. The Balaban J connectivity index is 1.43. The Labute approximate surface area is 172 Å². The van der Waals surface area contributed by atoms with E-state index in [2.05, 4.69) is 5.32 Å². The van der Waals surface area contributed by atoms with Gasteiger partial charge in [-0.3, -0.25) is 19.3 Å². The van der Waals surface area contributed by atoms with Gasteiger partial charge in [0.15, 0.2) is 0 Å². The van der Waals surface area contributed by atoms with Crippen molar-refractivity contribution in [2.45, 2.75) is 12.8 Å².